The molecule has 1 radical (unpaired) electrons. The molecule has 0 heterocycles. The van der Waals surface area contributed by atoms with Crippen LogP contribution in [0.3, 0.4) is 0 Å². The Kier molecular flexibility index (Phi) is 3.46. The maximum Gasteiger partial charge on any atom is 0.120 e. The van der Waals surface area contributed by atoms with Crippen molar-refractivity contribution in [2.75, 3.05) is 7.11 Å². The molecular weight excluding hydrogens is 207 g/mol. The van der Waals surface area contributed by atoms with Gasteiger partial charge in [-0.05, 0) is 24.5 Å². The fourth-order valence-corrected chi connectivity index (χ4v) is 1.57. The second-order valence-corrected chi connectivity index (χ2v) is 3.70. The molecule has 0 spiro atoms. The first-order chi connectivity index (χ1) is 6.06. The molecule has 1 nitrogen and oxygen atoms in total. The average Bonchev–Trinajstić information content (AvgIpc) is 2.09. The van der Waals surface area contributed by atoms with E-state index in [0.717, 1.165) is 5.56 Å². The molecule has 1 unspecified atom stereocenters. The van der Waals surface area contributed by atoms with Crippen molar-refractivity contribution in [3.8, 4) is 5.75 Å². The van der Waals surface area contributed by atoms with Gasteiger partial charge in [0, 0.05) is 6.07 Å². The summed E-state index contributed by atoms with van der Waals surface area (Å²) in [6, 6.07) is 3.54. The van der Waals surface area contributed by atoms with Crippen LogP contribution in [0.5, 0.6) is 5.75 Å². The molecule has 71 valence electrons. The lowest BCUT2D eigenvalue weighted by Crippen LogP contribution is -1.92. The third-order valence-electron chi connectivity index (χ3n) is 1.80. The van der Waals surface area contributed by atoms with Crippen molar-refractivity contribution in [2.24, 2.45) is 0 Å². The third-order valence-corrected chi connectivity index (χ3v) is 2.61. The van der Waals surface area contributed by atoms with E-state index in [-0.39, 0.29) is 5.92 Å². The molecule has 1 rings (SSSR count). The molecule has 0 saturated heterocycles. The molecule has 1 atom stereocenters. The highest BCUT2D eigenvalue weighted by molar-refractivity contribution is 6.42. The molecule has 0 bridgehead atoms. The van der Waals surface area contributed by atoms with Crippen LogP contribution in [-0.4, -0.2) is 7.11 Å². The van der Waals surface area contributed by atoms with Crippen LogP contribution < -0.4 is 4.74 Å². The van der Waals surface area contributed by atoms with Gasteiger partial charge < -0.3 is 4.74 Å². The summed E-state index contributed by atoms with van der Waals surface area (Å²) < 4.78 is 5.07. The molecule has 0 amide bonds. The number of halogens is 2. The lowest BCUT2D eigenvalue weighted by Gasteiger charge is -2.11. The number of ether oxygens (including phenoxy) is 1. The zero-order chi connectivity index (χ0) is 10.0. The van der Waals surface area contributed by atoms with Gasteiger partial charge in [0.25, 0.3) is 0 Å². The van der Waals surface area contributed by atoms with E-state index in [9.17, 15) is 0 Å². The minimum atomic E-state index is 0.0973. The van der Waals surface area contributed by atoms with Gasteiger partial charge in [-0.2, -0.15) is 0 Å². The first-order valence-corrected chi connectivity index (χ1v) is 4.68. The summed E-state index contributed by atoms with van der Waals surface area (Å²) in [6.07, 6.45) is 0. The lowest BCUT2D eigenvalue weighted by molar-refractivity contribution is 0.414. The Hall–Kier alpha value is -0.400. The molecule has 0 saturated carbocycles. The van der Waals surface area contributed by atoms with Crippen LogP contribution in [0.25, 0.3) is 0 Å². The SMILES string of the molecule is [CH2]C(C)c1cc(OC)cc(Cl)c1Cl. The summed E-state index contributed by atoms with van der Waals surface area (Å²) >= 11 is 11.9. The highest BCUT2D eigenvalue weighted by Gasteiger charge is 2.10. The zero-order valence-electron chi connectivity index (χ0n) is 7.60. The Morgan fingerprint density at radius 1 is 1.38 bits per heavy atom. The van der Waals surface area contributed by atoms with Gasteiger partial charge in [0.15, 0.2) is 0 Å². The number of methoxy groups -OCH3 is 1. The summed E-state index contributed by atoms with van der Waals surface area (Å²) in [4.78, 5) is 0. The van der Waals surface area contributed by atoms with E-state index in [1.54, 1.807) is 13.2 Å². The summed E-state index contributed by atoms with van der Waals surface area (Å²) in [5.41, 5.74) is 0.908. The molecule has 0 aromatic heterocycles. The Bertz CT molecular complexity index is 308. The maximum absolute atomic E-state index is 5.99. The summed E-state index contributed by atoms with van der Waals surface area (Å²) in [6.45, 7) is 5.84. The van der Waals surface area contributed by atoms with Crippen molar-refractivity contribution in [1.29, 1.82) is 0 Å². The molecule has 1 aromatic carbocycles. The van der Waals surface area contributed by atoms with E-state index in [2.05, 4.69) is 6.92 Å². The van der Waals surface area contributed by atoms with Crippen LogP contribution in [-0.2, 0) is 0 Å². The normalized spacial score (nSPS) is 10.6. The fraction of sp³-hybridized carbons (Fsp3) is 0.300. The largest absolute Gasteiger partial charge is 0.497 e. The van der Waals surface area contributed by atoms with Crippen molar-refractivity contribution in [2.45, 2.75) is 12.8 Å². The van der Waals surface area contributed by atoms with Crippen LogP contribution in [0, 0.1) is 6.92 Å². The van der Waals surface area contributed by atoms with E-state index in [4.69, 9.17) is 27.9 Å². The summed E-state index contributed by atoms with van der Waals surface area (Å²) in [5, 5.41) is 1.07. The average molecular weight is 218 g/mol. The van der Waals surface area contributed by atoms with E-state index >= 15 is 0 Å². The Morgan fingerprint density at radius 2 is 2.00 bits per heavy atom. The molecule has 0 aliphatic heterocycles. The quantitative estimate of drug-likeness (QED) is 0.730. The Labute approximate surface area is 88.6 Å². The van der Waals surface area contributed by atoms with Crippen LogP contribution >= 0.6 is 23.2 Å². The van der Waals surface area contributed by atoms with Gasteiger partial charge in [-0.1, -0.05) is 30.1 Å². The predicted octanol–water partition coefficient (Wildman–Crippen LogP) is 3.94. The number of hydrogen-bond donors (Lipinski definition) is 0. The second kappa shape index (κ2) is 4.21. The van der Waals surface area contributed by atoms with Gasteiger partial charge in [-0.3, -0.25) is 0 Å². The molecule has 0 N–H and O–H groups in total. The third kappa shape index (κ3) is 2.29. The van der Waals surface area contributed by atoms with Crippen molar-refractivity contribution < 1.29 is 4.74 Å². The Balaban J connectivity index is 3.25. The molecular formula is C10H11Cl2O. The van der Waals surface area contributed by atoms with E-state index in [0.29, 0.717) is 15.8 Å². The van der Waals surface area contributed by atoms with Crippen LogP contribution in [0.1, 0.15) is 18.4 Å². The molecule has 13 heavy (non-hydrogen) atoms. The highest BCUT2D eigenvalue weighted by atomic mass is 35.5. The zero-order valence-corrected chi connectivity index (χ0v) is 9.12. The standard InChI is InChI=1S/C10H11Cl2O/c1-6(2)8-4-7(13-3)5-9(11)10(8)12/h4-6H,1H2,2-3H3. The van der Waals surface area contributed by atoms with Gasteiger partial charge in [-0.15, -0.1) is 0 Å². The summed E-state index contributed by atoms with van der Waals surface area (Å²) in [5.74, 6) is 0.806. The van der Waals surface area contributed by atoms with Gasteiger partial charge in [0.05, 0.1) is 17.2 Å². The number of hydrogen-bond acceptors (Lipinski definition) is 1. The van der Waals surface area contributed by atoms with Gasteiger partial charge in [-0.25, -0.2) is 0 Å². The van der Waals surface area contributed by atoms with Crippen molar-refractivity contribution in [3.05, 3.63) is 34.7 Å². The van der Waals surface area contributed by atoms with Crippen LogP contribution in [0.4, 0.5) is 0 Å². The van der Waals surface area contributed by atoms with Gasteiger partial charge in [0.1, 0.15) is 5.75 Å². The molecule has 3 heteroatoms. The second-order valence-electron chi connectivity index (χ2n) is 2.91. The molecule has 1 aromatic rings. The summed E-state index contributed by atoms with van der Waals surface area (Å²) in [7, 11) is 1.59. The molecule has 0 aliphatic carbocycles. The monoisotopic (exact) mass is 217 g/mol. The van der Waals surface area contributed by atoms with Crippen LogP contribution in [0.15, 0.2) is 12.1 Å². The maximum atomic E-state index is 5.99. The van der Waals surface area contributed by atoms with Crippen LogP contribution in [0.2, 0.25) is 10.0 Å². The predicted molar refractivity (Wildman–Crippen MR) is 56.8 cm³/mol. The first-order valence-electron chi connectivity index (χ1n) is 3.92. The molecule has 0 fully saturated rings. The number of rotatable bonds is 2. The van der Waals surface area contributed by atoms with Gasteiger partial charge in [0.2, 0.25) is 0 Å². The minimum Gasteiger partial charge on any atom is -0.497 e. The van der Waals surface area contributed by atoms with Crippen molar-refractivity contribution >= 4 is 23.2 Å². The topological polar surface area (TPSA) is 9.23 Å². The van der Waals surface area contributed by atoms with Crippen molar-refractivity contribution in [3.63, 3.8) is 0 Å². The van der Waals surface area contributed by atoms with Crippen molar-refractivity contribution in [1.82, 2.24) is 0 Å². The Morgan fingerprint density at radius 3 is 2.46 bits per heavy atom. The van der Waals surface area contributed by atoms with E-state index in [1.165, 1.54) is 0 Å². The number of benzene rings is 1. The van der Waals surface area contributed by atoms with E-state index in [1.807, 2.05) is 13.0 Å². The van der Waals surface area contributed by atoms with E-state index < -0.39 is 0 Å². The van der Waals surface area contributed by atoms with Gasteiger partial charge >= 0.3 is 0 Å². The lowest BCUT2D eigenvalue weighted by atomic mass is 10.0. The molecule has 0 aliphatic rings. The highest BCUT2D eigenvalue weighted by Crippen LogP contribution is 2.34. The minimum absolute atomic E-state index is 0.0973. The first kappa shape index (κ1) is 10.7. The smallest absolute Gasteiger partial charge is 0.120 e. The fourth-order valence-electron chi connectivity index (χ4n) is 1.06.